The molecule has 0 spiro atoms. The van der Waals surface area contributed by atoms with Crippen molar-refractivity contribution in [1.29, 1.82) is 0 Å². The minimum Gasteiger partial charge on any atom is -0.318 e. The molecular weight excluding hydrogens is 222 g/mol. The van der Waals surface area contributed by atoms with E-state index >= 15 is 0 Å². The number of benzene rings is 2. The number of carbonyl (C=O) groups excluding carboxylic acids is 1. The highest BCUT2D eigenvalue weighted by Crippen LogP contribution is 2.14. The van der Waals surface area contributed by atoms with Gasteiger partial charge in [0, 0.05) is 6.42 Å². The molecule has 0 saturated heterocycles. The van der Waals surface area contributed by atoms with E-state index in [2.05, 4.69) is 0 Å². The highest BCUT2D eigenvalue weighted by atomic mass is 16.1. The first kappa shape index (κ1) is 12.5. The Morgan fingerprint density at radius 2 is 1.50 bits per heavy atom. The Morgan fingerprint density at radius 1 is 0.944 bits per heavy atom. The molecule has 0 bridgehead atoms. The van der Waals surface area contributed by atoms with E-state index in [9.17, 15) is 4.79 Å². The van der Waals surface area contributed by atoms with Crippen LogP contribution in [-0.4, -0.2) is 5.78 Å². The molecular formula is C16H17NO. The second-order valence-electron chi connectivity index (χ2n) is 4.34. The monoisotopic (exact) mass is 239 g/mol. The van der Waals surface area contributed by atoms with Crippen LogP contribution in [0.5, 0.6) is 0 Å². The van der Waals surface area contributed by atoms with Gasteiger partial charge >= 0.3 is 0 Å². The molecule has 2 heteroatoms. The average Bonchev–Trinajstić information content (AvgIpc) is 2.46. The van der Waals surface area contributed by atoms with Crippen molar-refractivity contribution in [3.63, 3.8) is 0 Å². The first-order valence-electron chi connectivity index (χ1n) is 6.14. The molecule has 0 aliphatic carbocycles. The van der Waals surface area contributed by atoms with Gasteiger partial charge in [-0.25, -0.2) is 0 Å². The summed E-state index contributed by atoms with van der Waals surface area (Å²) in [6.45, 7) is 0. The van der Waals surface area contributed by atoms with Crippen LogP contribution in [0.15, 0.2) is 60.7 Å². The highest BCUT2D eigenvalue weighted by Gasteiger charge is 2.14. The zero-order chi connectivity index (χ0) is 12.8. The summed E-state index contributed by atoms with van der Waals surface area (Å²) < 4.78 is 0. The predicted octanol–water partition coefficient (Wildman–Crippen LogP) is 2.89. The lowest BCUT2D eigenvalue weighted by Gasteiger charge is -2.10. The maximum atomic E-state index is 12.0. The summed E-state index contributed by atoms with van der Waals surface area (Å²) >= 11 is 0. The number of rotatable bonds is 5. The Balaban J connectivity index is 1.93. The summed E-state index contributed by atoms with van der Waals surface area (Å²) in [6.07, 6.45) is 1.24. The Bertz CT molecular complexity index is 493. The van der Waals surface area contributed by atoms with Crippen LogP contribution in [0.25, 0.3) is 0 Å². The fourth-order valence-electron chi connectivity index (χ4n) is 1.91. The maximum absolute atomic E-state index is 12.0. The topological polar surface area (TPSA) is 43.1 Å². The molecule has 0 aliphatic rings. The van der Waals surface area contributed by atoms with E-state index in [1.54, 1.807) is 0 Å². The van der Waals surface area contributed by atoms with E-state index in [1.807, 2.05) is 60.7 Å². The molecule has 0 amide bonds. The molecule has 92 valence electrons. The fourth-order valence-corrected chi connectivity index (χ4v) is 1.91. The van der Waals surface area contributed by atoms with E-state index in [4.69, 9.17) is 5.73 Å². The number of aryl methyl sites for hydroxylation is 1. The molecule has 0 aliphatic heterocycles. The van der Waals surface area contributed by atoms with Crippen molar-refractivity contribution in [2.24, 2.45) is 5.73 Å². The summed E-state index contributed by atoms with van der Waals surface area (Å²) in [5.74, 6) is 0.0880. The molecule has 18 heavy (non-hydrogen) atoms. The first-order valence-corrected chi connectivity index (χ1v) is 6.14. The summed E-state index contributed by atoms with van der Waals surface area (Å²) in [5, 5.41) is 0. The van der Waals surface area contributed by atoms with Crippen LogP contribution in [-0.2, 0) is 11.2 Å². The maximum Gasteiger partial charge on any atom is 0.154 e. The van der Waals surface area contributed by atoms with Gasteiger partial charge < -0.3 is 5.73 Å². The van der Waals surface area contributed by atoms with Gasteiger partial charge in [-0.05, 0) is 17.5 Å². The highest BCUT2D eigenvalue weighted by molar-refractivity contribution is 5.85. The van der Waals surface area contributed by atoms with Gasteiger partial charge in [0.15, 0.2) is 5.78 Å². The predicted molar refractivity (Wildman–Crippen MR) is 73.1 cm³/mol. The summed E-state index contributed by atoms with van der Waals surface area (Å²) in [7, 11) is 0. The largest absolute Gasteiger partial charge is 0.318 e. The third-order valence-corrected chi connectivity index (χ3v) is 3.01. The van der Waals surface area contributed by atoms with Crippen LogP contribution in [0.4, 0.5) is 0 Å². The normalized spacial score (nSPS) is 12.1. The smallest absolute Gasteiger partial charge is 0.154 e. The molecule has 2 aromatic carbocycles. The zero-order valence-electron chi connectivity index (χ0n) is 10.3. The second kappa shape index (κ2) is 6.12. The number of carbonyl (C=O) groups is 1. The summed E-state index contributed by atoms with van der Waals surface area (Å²) in [5.41, 5.74) is 8.01. The van der Waals surface area contributed by atoms with Crippen LogP contribution in [0, 0.1) is 0 Å². The molecule has 1 atom stereocenters. The Kier molecular flexibility index (Phi) is 4.26. The number of Topliss-reactive ketones (excluding diaryl/α,β-unsaturated/α-hetero) is 1. The van der Waals surface area contributed by atoms with Crippen molar-refractivity contribution < 1.29 is 4.79 Å². The first-order chi connectivity index (χ1) is 8.77. The number of nitrogens with two attached hydrogens (primary N) is 1. The van der Waals surface area contributed by atoms with E-state index in [1.165, 1.54) is 5.56 Å². The summed E-state index contributed by atoms with van der Waals surface area (Å²) in [4.78, 5) is 12.0. The molecule has 0 heterocycles. The van der Waals surface area contributed by atoms with Gasteiger partial charge in [0.2, 0.25) is 0 Å². The minimum atomic E-state index is -0.505. The van der Waals surface area contributed by atoms with E-state index in [0.717, 1.165) is 12.0 Å². The average molecular weight is 239 g/mol. The van der Waals surface area contributed by atoms with E-state index in [-0.39, 0.29) is 5.78 Å². The van der Waals surface area contributed by atoms with Crippen molar-refractivity contribution in [2.45, 2.75) is 18.9 Å². The molecule has 2 N–H and O–H groups in total. The SMILES string of the molecule is N[C@@H](C(=O)CCc1ccccc1)c1ccccc1. The van der Waals surface area contributed by atoms with Crippen LogP contribution in [0.3, 0.4) is 0 Å². The van der Waals surface area contributed by atoms with Crippen LogP contribution >= 0.6 is 0 Å². The van der Waals surface area contributed by atoms with Crippen LogP contribution < -0.4 is 5.73 Å². The quantitative estimate of drug-likeness (QED) is 0.871. The van der Waals surface area contributed by atoms with Gasteiger partial charge in [0.25, 0.3) is 0 Å². The van der Waals surface area contributed by atoms with Crippen LogP contribution in [0.1, 0.15) is 23.6 Å². The molecule has 0 fully saturated rings. The van der Waals surface area contributed by atoms with Crippen molar-refractivity contribution >= 4 is 5.78 Å². The van der Waals surface area contributed by atoms with Crippen molar-refractivity contribution in [3.05, 3.63) is 71.8 Å². The lowest BCUT2D eigenvalue weighted by Crippen LogP contribution is -2.21. The standard InChI is InChI=1S/C16H17NO/c17-16(14-9-5-2-6-10-14)15(18)12-11-13-7-3-1-4-8-13/h1-10,16H,11-12,17H2/t16-/m1/s1. The molecule has 0 unspecified atom stereocenters. The zero-order valence-corrected chi connectivity index (χ0v) is 10.3. The Hall–Kier alpha value is -1.93. The number of ketones is 1. The summed E-state index contributed by atoms with van der Waals surface area (Å²) in [6, 6.07) is 19.0. The van der Waals surface area contributed by atoms with Gasteiger partial charge in [-0.1, -0.05) is 60.7 Å². The third-order valence-electron chi connectivity index (χ3n) is 3.01. The molecule has 0 aromatic heterocycles. The van der Waals surface area contributed by atoms with Gasteiger partial charge in [0.1, 0.15) is 0 Å². The van der Waals surface area contributed by atoms with E-state index < -0.39 is 6.04 Å². The second-order valence-corrected chi connectivity index (χ2v) is 4.34. The molecule has 0 saturated carbocycles. The Morgan fingerprint density at radius 3 is 2.11 bits per heavy atom. The minimum absolute atomic E-state index is 0.0880. The van der Waals surface area contributed by atoms with Gasteiger partial charge in [-0.3, -0.25) is 4.79 Å². The van der Waals surface area contributed by atoms with Crippen molar-refractivity contribution in [2.75, 3.05) is 0 Å². The molecule has 0 radical (unpaired) electrons. The van der Waals surface area contributed by atoms with Gasteiger partial charge in [-0.2, -0.15) is 0 Å². The number of hydrogen-bond donors (Lipinski definition) is 1. The van der Waals surface area contributed by atoms with Crippen molar-refractivity contribution in [1.82, 2.24) is 0 Å². The van der Waals surface area contributed by atoms with Gasteiger partial charge in [0.05, 0.1) is 6.04 Å². The number of hydrogen-bond acceptors (Lipinski definition) is 2. The molecule has 2 aromatic rings. The molecule has 2 rings (SSSR count). The lowest BCUT2D eigenvalue weighted by molar-refractivity contribution is -0.120. The fraction of sp³-hybridized carbons (Fsp3) is 0.188. The van der Waals surface area contributed by atoms with Crippen LogP contribution in [0.2, 0.25) is 0 Å². The van der Waals surface area contributed by atoms with Gasteiger partial charge in [-0.15, -0.1) is 0 Å². The van der Waals surface area contributed by atoms with Crippen molar-refractivity contribution in [3.8, 4) is 0 Å². The van der Waals surface area contributed by atoms with E-state index in [0.29, 0.717) is 6.42 Å². The third kappa shape index (κ3) is 3.28. The Labute approximate surface area is 107 Å². The molecule has 2 nitrogen and oxygen atoms in total. The lowest BCUT2D eigenvalue weighted by atomic mass is 9.98.